The lowest BCUT2D eigenvalue weighted by Gasteiger charge is -2.07. The quantitative estimate of drug-likeness (QED) is 0.855. The van der Waals surface area contributed by atoms with Gasteiger partial charge >= 0.3 is 0 Å². The summed E-state index contributed by atoms with van der Waals surface area (Å²) < 4.78 is 26.5. The lowest BCUT2D eigenvalue weighted by molar-refractivity contribution is 0.0950. The molecule has 3 nitrogen and oxygen atoms in total. The van der Waals surface area contributed by atoms with Crippen LogP contribution in [0.25, 0.3) is 0 Å². The number of rotatable bonds is 3. The Hall–Kier alpha value is -2.14. The van der Waals surface area contributed by atoms with Gasteiger partial charge in [0.2, 0.25) is 0 Å². The summed E-state index contributed by atoms with van der Waals surface area (Å²) in [5, 5.41) is 3.14. The minimum Gasteiger partial charge on any atom is -0.394 e. The van der Waals surface area contributed by atoms with E-state index in [9.17, 15) is 13.6 Å². The van der Waals surface area contributed by atoms with Gasteiger partial charge in [0.15, 0.2) is 0 Å². The summed E-state index contributed by atoms with van der Waals surface area (Å²) in [6.07, 6.45) is 0. The first-order valence-corrected chi connectivity index (χ1v) is 6.12. The molecule has 0 bridgehead atoms. The van der Waals surface area contributed by atoms with E-state index in [4.69, 9.17) is 17.3 Å². The van der Waals surface area contributed by atoms with Gasteiger partial charge < -0.3 is 11.1 Å². The van der Waals surface area contributed by atoms with E-state index in [1.807, 2.05) is 0 Å². The van der Waals surface area contributed by atoms with Crippen LogP contribution in [0.2, 0.25) is 5.02 Å². The number of anilines is 1. The van der Waals surface area contributed by atoms with Crippen molar-refractivity contribution >= 4 is 23.2 Å². The Balaban J connectivity index is 2.07. The van der Waals surface area contributed by atoms with Gasteiger partial charge in [0.05, 0.1) is 0 Å². The fourth-order valence-corrected chi connectivity index (χ4v) is 1.73. The average molecular weight is 297 g/mol. The highest BCUT2D eigenvalue weighted by Gasteiger charge is 2.12. The summed E-state index contributed by atoms with van der Waals surface area (Å²) in [7, 11) is 0. The molecule has 0 saturated carbocycles. The molecule has 0 fully saturated rings. The number of carbonyl (C=O) groups is 1. The number of nitrogen functional groups attached to an aromatic ring is 1. The van der Waals surface area contributed by atoms with Crippen molar-refractivity contribution in [3.05, 3.63) is 64.2 Å². The Labute approximate surface area is 119 Å². The van der Waals surface area contributed by atoms with Crippen molar-refractivity contribution < 1.29 is 13.6 Å². The second-order valence-corrected chi connectivity index (χ2v) is 4.60. The van der Waals surface area contributed by atoms with Gasteiger partial charge in [-0.05, 0) is 29.8 Å². The maximum Gasteiger partial charge on any atom is 0.251 e. The number of benzene rings is 2. The molecule has 0 unspecified atom stereocenters. The molecule has 104 valence electrons. The predicted octanol–water partition coefficient (Wildman–Crippen LogP) is 3.13. The van der Waals surface area contributed by atoms with Crippen LogP contribution in [0.1, 0.15) is 15.9 Å². The van der Waals surface area contributed by atoms with Gasteiger partial charge in [-0.2, -0.15) is 0 Å². The van der Waals surface area contributed by atoms with Crippen LogP contribution in [0.4, 0.5) is 14.5 Å². The maximum absolute atomic E-state index is 13.2. The number of hydrogen-bond donors (Lipinski definition) is 2. The minimum absolute atomic E-state index is 0.122. The summed E-state index contributed by atoms with van der Waals surface area (Å²) in [4.78, 5) is 11.8. The van der Waals surface area contributed by atoms with E-state index >= 15 is 0 Å². The molecule has 0 atom stereocenters. The van der Waals surface area contributed by atoms with E-state index in [1.165, 1.54) is 0 Å². The van der Waals surface area contributed by atoms with Gasteiger partial charge in [0.25, 0.3) is 5.91 Å². The lowest BCUT2D eigenvalue weighted by Crippen LogP contribution is -2.23. The maximum atomic E-state index is 13.2. The van der Waals surface area contributed by atoms with Gasteiger partial charge in [-0.3, -0.25) is 4.79 Å². The SMILES string of the molecule is Nc1c(F)cc(C(=O)NCc2ccc(Cl)cc2)cc1F. The number of hydrogen-bond acceptors (Lipinski definition) is 2. The molecule has 0 saturated heterocycles. The van der Waals surface area contributed by atoms with Crippen LogP contribution in [0.15, 0.2) is 36.4 Å². The van der Waals surface area contributed by atoms with Gasteiger partial charge in [0.1, 0.15) is 17.3 Å². The van der Waals surface area contributed by atoms with Crippen molar-refractivity contribution in [1.82, 2.24) is 5.32 Å². The first-order chi connectivity index (χ1) is 9.47. The van der Waals surface area contributed by atoms with Crippen molar-refractivity contribution in [2.75, 3.05) is 5.73 Å². The third-order valence-electron chi connectivity index (χ3n) is 2.71. The zero-order valence-corrected chi connectivity index (χ0v) is 11.0. The van der Waals surface area contributed by atoms with Crippen LogP contribution in [0, 0.1) is 11.6 Å². The monoisotopic (exact) mass is 296 g/mol. The van der Waals surface area contributed by atoms with Crippen molar-refractivity contribution in [3.63, 3.8) is 0 Å². The van der Waals surface area contributed by atoms with Gasteiger partial charge in [-0.1, -0.05) is 23.7 Å². The molecular formula is C14H11ClF2N2O. The molecule has 2 aromatic carbocycles. The summed E-state index contributed by atoms with van der Waals surface area (Å²) in [5.41, 5.74) is 5.23. The van der Waals surface area contributed by atoms with Crippen molar-refractivity contribution in [2.45, 2.75) is 6.54 Å². The highest BCUT2D eigenvalue weighted by atomic mass is 35.5. The smallest absolute Gasteiger partial charge is 0.251 e. The van der Waals surface area contributed by atoms with E-state index in [1.54, 1.807) is 24.3 Å². The molecule has 0 radical (unpaired) electrons. The Kier molecular flexibility index (Phi) is 4.20. The Bertz CT molecular complexity index is 621. The number of nitrogens with one attached hydrogen (secondary N) is 1. The molecule has 0 aliphatic heterocycles. The summed E-state index contributed by atoms with van der Waals surface area (Å²) in [6, 6.07) is 8.65. The molecule has 0 heterocycles. The Morgan fingerprint density at radius 1 is 1.15 bits per heavy atom. The zero-order valence-electron chi connectivity index (χ0n) is 10.3. The number of nitrogens with two attached hydrogens (primary N) is 1. The first-order valence-electron chi connectivity index (χ1n) is 5.74. The first kappa shape index (κ1) is 14.3. The van der Waals surface area contributed by atoms with Gasteiger partial charge in [-0.15, -0.1) is 0 Å². The van der Waals surface area contributed by atoms with Crippen LogP contribution < -0.4 is 11.1 Å². The van der Waals surface area contributed by atoms with Crippen molar-refractivity contribution in [1.29, 1.82) is 0 Å². The standard InChI is InChI=1S/C14H11ClF2N2O/c15-10-3-1-8(2-4-10)7-19-14(20)9-5-11(16)13(18)12(17)6-9/h1-6H,7,18H2,(H,19,20). The molecule has 1 amide bonds. The Morgan fingerprint density at radius 3 is 2.25 bits per heavy atom. The molecule has 20 heavy (non-hydrogen) atoms. The molecule has 0 aliphatic carbocycles. The fraction of sp³-hybridized carbons (Fsp3) is 0.0714. The van der Waals surface area contributed by atoms with Gasteiger partial charge in [0, 0.05) is 17.1 Å². The highest BCUT2D eigenvalue weighted by Crippen LogP contribution is 2.17. The largest absolute Gasteiger partial charge is 0.394 e. The highest BCUT2D eigenvalue weighted by molar-refractivity contribution is 6.30. The van der Waals surface area contributed by atoms with Crippen molar-refractivity contribution in [2.24, 2.45) is 0 Å². The van der Waals surface area contributed by atoms with E-state index in [2.05, 4.69) is 5.32 Å². The van der Waals surface area contributed by atoms with Crippen LogP contribution in [0.5, 0.6) is 0 Å². The van der Waals surface area contributed by atoms with E-state index in [0.29, 0.717) is 5.02 Å². The van der Waals surface area contributed by atoms with Crippen molar-refractivity contribution in [3.8, 4) is 0 Å². The topological polar surface area (TPSA) is 55.1 Å². The molecule has 2 aromatic rings. The summed E-state index contributed by atoms with van der Waals surface area (Å²) in [6.45, 7) is 0.226. The average Bonchev–Trinajstić information content (AvgIpc) is 2.43. The Morgan fingerprint density at radius 2 is 1.70 bits per heavy atom. The molecule has 2 rings (SSSR count). The molecular weight excluding hydrogens is 286 g/mol. The molecule has 3 N–H and O–H groups in total. The molecule has 0 aromatic heterocycles. The molecule has 6 heteroatoms. The third-order valence-corrected chi connectivity index (χ3v) is 2.96. The van der Waals surface area contributed by atoms with E-state index in [-0.39, 0.29) is 12.1 Å². The second-order valence-electron chi connectivity index (χ2n) is 4.16. The number of amides is 1. The van der Waals surface area contributed by atoms with Gasteiger partial charge in [-0.25, -0.2) is 8.78 Å². The van der Waals surface area contributed by atoms with E-state index < -0.39 is 23.2 Å². The van der Waals surface area contributed by atoms with Crippen LogP contribution in [0.3, 0.4) is 0 Å². The fourth-order valence-electron chi connectivity index (χ4n) is 1.60. The summed E-state index contributed by atoms with van der Waals surface area (Å²) >= 11 is 5.74. The third kappa shape index (κ3) is 3.24. The second kappa shape index (κ2) is 5.88. The van der Waals surface area contributed by atoms with Crippen LogP contribution in [-0.4, -0.2) is 5.91 Å². The lowest BCUT2D eigenvalue weighted by atomic mass is 10.1. The zero-order chi connectivity index (χ0) is 14.7. The van der Waals surface area contributed by atoms with Crippen LogP contribution in [-0.2, 0) is 6.54 Å². The normalized spacial score (nSPS) is 10.3. The molecule has 0 spiro atoms. The minimum atomic E-state index is -0.957. The van der Waals surface area contributed by atoms with Crippen LogP contribution >= 0.6 is 11.6 Å². The number of halogens is 3. The number of carbonyl (C=O) groups excluding carboxylic acids is 1. The predicted molar refractivity (Wildman–Crippen MR) is 73.4 cm³/mol. The molecule has 0 aliphatic rings. The van der Waals surface area contributed by atoms with E-state index in [0.717, 1.165) is 17.7 Å². The summed E-state index contributed by atoms with van der Waals surface area (Å²) in [5.74, 6) is -2.50.